The van der Waals surface area contributed by atoms with Crippen LogP contribution in [0.5, 0.6) is 0 Å². The van der Waals surface area contributed by atoms with Gasteiger partial charge in [0.2, 0.25) is 17.7 Å². The van der Waals surface area contributed by atoms with Gasteiger partial charge in [0.1, 0.15) is 5.78 Å². The second kappa shape index (κ2) is 20.2. The first-order valence-electron chi connectivity index (χ1n) is 19.1. The third kappa shape index (κ3) is 11.7. The lowest BCUT2D eigenvalue weighted by Crippen LogP contribution is -2.54. The van der Waals surface area contributed by atoms with Crippen molar-refractivity contribution >= 4 is 29.3 Å². The summed E-state index contributed by atoms with van der Waals surface area (Å²) in [5.74, 6) is 1.08. The van der Waals surface area contributed by atoms with Crippen LogP contribution in [0.3, 0.4) is 0 Å². The highest BCUT2D eigenvalue weighted by molar-refractivity contribution is 5.91. The molecule has 3 amide bonds. The third-order valence-electron chi connectivity index (χ3n) is 11.3. The average Bonchev–Trinajstić information content (AvgIpc) is 3.30. The minimum absolute atomic E-state index is 0.0469. The lowest BCUT2D eigenvalue weighted by molar-refractivity contribution is -0.129. The molecule has 0 radical (unpaired) electrons. The van der Waals surface area contributed by atoms with Gasteiger partial charge in [0, 0.05) is 37.3 Å². The lowest BCUT2D eigenvalue weighted by atomic mass is 9.57. The van der Waals surface area contributed by atoms with E-state index in [-0.39, 0.29) is 61.4 Å². The SMILES string of the molecule is O=C(CCC(=O)C1CCCCCCCCC1)NCC(=O)NCC(=O)NCCCCC1NC2C3CCCCCCCCC[C@@H]3C2C1=O. The van der Waals surface area contributed by atoms with Crippen LogP contribution in [-0.4, -0.2) is 61.0 Å². The Kier molecular flexibility index (Phi) is 16.0. The molecule has 4 aliphatic rings. The first-order valence-corrected chi connectivity index (χ1v) is 19.1. The molecule has 5 atom stereocenters. The van der Waals surface area contributed by atoms with Gasteiger partial charge in [-0.2, -0.15) is 0 Å². The van der Waals surface area contributed by atoms with Crippen LogP contribution < -0.4 is 21.3 Å². The molecule has 1 saturated heterocycles. The summed E-state index contributed by atoms with van der Waals surface area (Å²) >= 11 is 0. The summed E-state index contributed by atoms with van der Waals surface area (Å²) in [7, 11) is 0. The zero-order chi connectivity index (χ0) is 32.6. The largest absolute Gasteiger partial charge is 0.355 e. The topological polar surface area (TPSA) is 133 Å². The molecule has 1 heterocycles. The predicted molar refractivity (Wildman–Crippen MR) is 180 cm³/mol. The standard InChI is InChI=1S/C37H62N4O5/c42-31(27-17-11-7-3-1-4-8-12-18-27)22-23-32(43)39-26-34(45)40-25-33(44)38-24-16-15-21-30-37(46)35-28-19-13-9-5-2-6-10-14-20-29(28)36(35)41-30/h27-30,35-36,41H,1-26H2,(H,38,44)(H,39,43)(H,40,45)/t28-,29?,30?,35?,36?/m0/s1. The molecule has 4 rings (SSSR count). The third-order valence-corrected chi connectivity index (χ3v) is 11.3. The summed E-state index contributed by atoms with van der Waals surface area (Å²) in [4.78, 5) is 62.5. The van der Waals surface area contributed by atoms with Crippen molar-refractivity contribution in [3.63, 3.8) is 0 Å². The summed E-state index contributed by atoms with van der Waals surface area (Å²) in [5.41, 5.74) is 0. The van der Waals surface area contributed by atoms with Crippen LogP contribution in [0.1, 0.15) is 148 Å². The number of carbonyl (C=O) groups is 5. The molecular formula is C37H62N4O5. The van der Waals surface area contributed by atoms with Crippen molar-refractivity contribution in [2.75, 3.05) is 19.6 Å². The molecule has 0 aromatic carbocycles. The number of carbonyl (C=O) groups excluding carboxylic acids is 5. The van der Waals surface area contributed by atoms with Gasteiger partial charge in [0.05, 0.1) is 19.1 Å². The minimum atomic E-state index is -0.434. The van der Waals surface area contributed by atoms with Crippen molar-refractivity contribution in [2.24, 2.45) is 23.7 Å². The fraction of sp³-hybridized carbons (Fsp3) is 0.865. The molecule has 0 spiro atoms. The smallest absolute Gasteiger partial charge is 0.239 e. The number of hydrogen-bond donors (Lipinski definition) is 4. The van der Waals surface area contributed by atoms with E-state index in [1.807, 2.05) is 0 Å². The molecule has 4 fully saturated rings. The number of amides is 3. The van der Waals surface area contributed by atoms with Crippen molar-refractivity contribution in [3.8, 4) is 0 Å². The highest BCUT2D eigenvalue weighted by Gasteiger charge is 2.58. The first-order chi connectivity index (χ1) is 22.4. The fourth-order valence-corrected chi connectivity index (χ4v) is 8.58. The van der Waals surface area contributed by atoms with Gasteiger partial charge in [-0.1, -0.05) is 89.9 Å². The van der Waals surface area contributed by atoms with E-state index in [9.17, 15) is 24.0 Å². The van der Waals surface area contributed by atoms with Crippen molar-refractivity contribution in [1.82, 2.24) is 21.3 Å². The van der Waals surface area contributed by atoms with Gasteiger partial charge in [-0.15, -0.1) is 0 Å². The van der Waals surface area contributed by atoms with Crippen molar-refractivity contribution in [2.45, 2.75) is 160 Å². The number of rotatable bonds is 13. The molecule has 9 heteroatoms. The van der Waals surface area contributed by atoms with Crippen LogP contribution >= 0.6 is 0 Å². The van der Waals surface area contributed by atoms with E-state index < -0.39 is 5.91 Å². The van der Waals surface area contributed by atoms with Crippen molar-refractivity contribution in [3.05, 3.63) is 0 Å². The van der Waals surface area contributed by atoms with Crippen LogP contribution in [0, 0.1) is 23.7 Å². The lowest BCUT2D eigenvalue weighted by Gasteiger charge is -2.48. The molecule has 4 N–H and O–H groups in total. The van der Waals surface area contributed by atoms with Gasteiger partial charge in [0.15, 0.2) is 5.78 Å². The summed E-state index contributed by atoms with van der Waals surface area (Å²) in [6.45, 7) is 0.138. The number of ketones is 2. The molecule has 260 valence electrons. The number of fused-ring (bicyclic) bond motifs is 4. The maximum Gasteiger partial charge on any atom is 0.239 e. The Labute approximate surface area is 277 Å². The second-order valence-electron chi connectivity index (χ2n) is 14.7. The van der Waals surface area contributed by atoms with Crippen molar-refractivity contribution in [1.29, 1.82) is 0 Å². The van der Waals surface area contributed by atoms with Gasteiger partial charge < -0.3 is 21.3 Å². The zero-order valence-electron chi connectivity index (χ0n) is 28.4. The van der Waals surface area contributed by atoms with Gasteiger partial charge in [-0.05, 0) is 56.8 Å². The van der Waals surface area contributed by atoms with Gasteiger partial charge in [-0.3, -0.25) is 24.0 Å². The monoisotopic (exact) mass is 642 g/mol. The summed E-state index contributed by atoms with van der Waals surface area (Å²) in [6, 6.07) is 0.332. The Morgan fingerprint density at radius 3 is 1.74 bits per heavy atom. The molecule has 0 aromatic rings. The highest BCUT2D eigenvalue weighted by atomic mass is 16.2. The number of nitrogens with one attached hydrogen (secondary N) is 4. The normalized spacial score (nSPS) is 28.0. The van der Waals surface area contributed by atoms with Gasteiger partial charge in [-0.25, -0.2) is 0 Å². The van der Waals surface area contributed by atoms with Gasteiger partial charge >= 0.3 is 0 Å². The van der Waals surface area contributed by atoms with E-state index in [1.165, 1.54) is 89.9 Å². The Morgan fingerprint density at radius 2 is 1.11 bits per heavy atom. The van der Waals surface area contributed by atoms with Crippen LogP contribution in [0.2, 0.25) is 0 Å². The van der Waals surface area contributed by atoms with E-state index in [2.05, 4.69) is 21.3 Å². The Bertz CT molecular complexity index is 992. The zero-order valence-corrected chi connectivity index (χ0v) is 28.4. The quantitative estimate of drug-likeness (QED) is 0.202. The fourth-order valence-electron chi connectivity index (χ4n) is 8.58. The highest BCUT2D eigenvalue weighted by Crippen LogP contribution is 2.51. The molecular weight excluding hydrogens is 580 g/mol. The average molecular weight is 643 g/mol. The van der Waals surface area contributed by atoms with Crippen LogP contribution in [-0.2, 0) is 24.0 Å². The van der Waals surface area contributed by atoms with Gasteiger partial charge in [0.25, 0.3) is 0 Å². The summed E-state index contributed by atoms with van der Waals surface area (Å²) in [5, 5.41) is 11.6. The summed E-state index contributed by atoms with van der Waals surface area (Å²) in [6.07, 6.45) is 24.6. The Morgan fingerprint density at radius 1 is 0.587 bits per heavy atom. The van der Waals surface area contributed by atoms with Crippen LogP contribution in [0.25, 0.3) is 0 Å². The molecule has 0 bridgehead atoms. The molecule has 46 heavy (non-hydrogen) atoms. The maximum absolute atomic E-state index is 13.2. The Balaban J connectivity index is 1.02. The second-order valence-corrected chi connectivity index (χ2v) is 14.7. The molecule has 3 aliphatic carbocycles. The molecule has 4 unspecified atom stereocenters. The number of hydrogen-bond acceptors (Lipinski definition) is 6. The van der Waals surface area contributed by atoms with E-state index in [1.54, 1.807) is 0 Å². The molecule has 3 saturated carbocycles. The number of unbranched alkanes of at least 4 members (excludes halogenated alkanes) is 1. The first kappa shape index (κ1) is 36.5. The van der Waals surface area contributed by atoms with E-state index >= 15 is 0 Å². The van der Waals surface area contributed by atoms with Crippen LogP contribution in [0.15, 0.2) is 0 Å². The number of Topliss-reactive ketones (excluding diaryl/α,β-unsaturated/α-hetero) is 2. The van der Waals surface area contributed by atoms with Crippen LogP contribution in [0.4, 0.5) is 0 Å². The minimum Gasteiger partial charge on any atom is -0.355 e. The Hall–Kier alpha value is -2.29. The molecule has 1 aliphatic heterocycles. The molecule has 0 aromatic heterocycles. The predicted octanol–water partition coefficient (Wildman–Crippen LogP) is 5.29. The summed E-state index contributed by atoms with van der Waals surface area (Å²) < 4.78 is 0. The van der Waals surface area contributed by atoms with E-state index in [0.717, 1.165) is 44.9 Å². The maximum atomic E-state index is 13.2. The van der Waals surface area contributed by atoms with Crippen molar-refractivity contribution < 1.29 is 24.0 Å². The molecule has 9 nitrogen and oxygen atoms in total. The van der Waals surface area contributed by atoms with E-state index in [4.69, 9.17) is 0 Å². The van der Waals surface area contributed by atoms with E-state index in [0.29, 0.717) is 30.2 Å².